The number of furan rings is 1. The van der Waals surface area contributed by atoms with Crippen LogP contribution in [0.1, 0.15) is 34.4 Å². The number of aryl methyl sites for hydroxylation is 1. The van der Waals surface area contributed by atoms with Crippen molar-refractivity contribution in [1.29, 1.82) is 0 Å². The van der Waals surface area contributed by atoms with Gasteiger partial charge in [0.15, 0.2) is 9.84 Å². The van der Waals surface area contributed by atoms with E-state index in [0.717, 1.165) is 0 Å². The fourth-order valence-corrected chi connectivity index (χ4v) is 3.24. The predicted octanol–water partition coefficient (Wildman–Crippen LogP) is 1.94. The largest absolute Gasteiger partial charge is 0.478 e. The summed E-state index contributed by atoms with van der Waals surface area (Å²) >= 11 is 0. The van der Waals surface area contributed by atoms with Crippen LogP contribution in [0.15, 0.2) is 39.6 Å². The van der Waals surface area contributed by atoms with Gasteiger partial charge in [-0.25, -0.2) is 13.2 Å². The lowest BCUT2D eigenvalue weighted by atomic mass is 10.1. The Morgan fingerprint density at radius 3 is 2.56 bits per heavy atom. The van der Waals surface area contributed by atoms with Gasteiger partial charge in [-0.05, 0) is 30.7 Å². The van der Waals surface area contributed by atoms with E-state index in [1.54, 1.807) is 19.1 Å². The summed E-state index contributed by atoms with van der Waals surface area (Å²) in [5.74, 6) is -0.809. The van der Waals surface area contributed by atoms with Crippen molar-refractivity contribution >= 4 is 21.7 Å². The number of carbonyl (C=O) groups excluding carboxylic acids is 1. The molecule has 2 aromatic rings. The molecule has 0 unspecified atom stereocenters. The molecule has 8 heteroatoms. The molecule has 0 spiro atoms. The van der Waals surface area contributed by atoms with Gasteiger partial charge in [0.1, 0.15) is 17.1 Å². The van der Waals surface area contributed by atoms with Crippen LogP contribution in [-0.2, 0) is 27.6 Å². The molecule has 0 aliphatic heterocycles. The Hall–Kier alpha value is -2.61. The second kappa shape index (κ2) is 7.52. The number of benzene rings is 1. The van der Waals surface area contributed by atoms with Gasteiger partial charge in [0.25, 0.3) is 0 Å². The fourth-order valence-electron chi connectivity index (χ4n) is 2.29. The predicted molar refractivity (Wildman–Crippen MR) is 90.1 cm³/mol. The van der Waals surface area contributed by atoms with Crippen molar-refractivity contribution in [2.45, 2.75) is 31.7 Å². The van der Waals surface area contributed by atoms with Gasteiger partial charge in [0.2, 0.25) is 5.91 Å². The van der Waals surface area contributed by atoms with Crippen LogP contribution in [0.5, 0.6) is 0 Å². The molecule has 7 nitrogen and oxygen atoms in total. The molecule has 2 rings (SSSR count). The minimum atomic E-state index is -3.32. The Bertz CT molecular complexity index is 898. The standard InChI is InChI=1S/C17H19NO6S/c1-3-25(22,23)14-6-4-5-12(7-14)8-16(19)18-10-13-9-15(17(20)21)11(2)24-13/h4-7,9H,3,8,10H2,1-2H3,(H,18,19)(H,20,21). The summed E-state index contributed by atoms with van der Waals surface area (Å²) in [4.78, 5) is 23.2. The first-order valence-corrected chi connectivity index (χ1v) is 9.29. The maximum Gasteiger partial charge on any atom is 0.339 e. The highest BCUT2D eigenvalue weighted by Gasteiger charge is 2.15. The average Bonchev–Trinajstić information content (AvgIpc) is 2.94. The van der Waals surface area contributed by atoms with E-state index >= 15 is 0 Å². The van der Waals surface area contributed by atoms with E-state index in [-0.39, 0.29) is 40.8 Å². The number of carbonyl (C=O) groups is 2. The molecule has 0 aliphatic rings. The van der Waals surface area contributed by atoms with E-state index in [1.807, 2.05) is 0 Å². The molecule has 0 aliphatic carbocycles. The summed E-state index contributed by atoms with van der Waals surface area (Å²) < 4.78 is 29.0. The SMILES string of the molecule is CCS(=O)(=O)c1cccc(CC(=O)NCc2cc(C(=O)O)c(C)o2)c1. The minimum absolute atomic E-state index is 0.00753. The number of rotatable bonds is 7. The van der Waals surface area contributed by atoms with Crippen LogP contribution in [0.2, 0.25) is 0 Å². The summed E-state index contributed by atoms with van der Waals surface area (Å²) in [5.41, 5.74) is 0.635. The summed E-state index contributed by atoms with van der Waals surface area (Å²) in [6.45, 7) is 3.15. The zero-order chi connectivity index (χ0) is 18.6. The molecule has 134 valence electrons. The molecule has 0 bridgehead atoms. The van der Waals surface area contributed by atoms with Crippen LogP contribution in [0.4, 0.5) is 0 Å². The van der Waals surface area contributed by atoms with Crippen molar-refractivity contribution < 1.29 is 27.5 Å². The van der Waals surface area contributed by atoms with E-state index in [1.165, 1.54) is 25.1 Å². The van der Waals surface area contributed by atoms with Gasteiger partial charge in [-0.1, -0.05) is 19.1 Å². The number of sulfone groups is 1. The lowest BCUT2D eigenvalue weighted by Crippen LogP contribution is -2.24. The average molecular weight is 365 g/mol. The van der Waals surface area contributed by atoms with Crippen molar-refractivity contribution in [2.75, 3.05) is 5.75 Å². The number of hydrogen-bond acceptors (Lipinski definition) is 5. The molecule has 0 saturated heterocycles. The zero-order valence-electron chi connectivity index (χ0n) is 13.9. The molecule has 0 atom stereocenters. The van der Waals surface area contributed by atoms with E-state index in [2.05, 4.69) is 5.32 Å². The highest BCUT2D eigenvalue weighted by atomic mass is 32.2. The Balaban J connectivity index is 2.00. The first-order valence-electron chi connectivity index (χ1n) is 7.64. The second-order valence-corrected chi connectivity index (χ2v) is 7.77. The molecule has 1 aromatic heterocycles. The van der Waals surface area contributed by atoms with Crippen molar-refractivity contribution in [1.82, 2.24) is 5.32 Å². The third-order valence-corrected chi connectivity index (χ3v) is 5.39. The number of carboxylic acid groups (broad SMARTS) is 1. The van der Waals surface area contributed by atoms with Crippen LogP contribution >= 0.6 is 0 Å². The minimum Gasteiger partial charge on any atom is -0.478 e. The lowest BCUT2D eigenvalue weighted by Gasteiger charge is -2.06. The maximum atomic E-state index is 12.0. The molecule has 1 amide bonds. The monoisotopic (exact) mass is 365 g/mol. The summed E-state index contributed by atoms with van der Waals surface area (Å²) in [7, 11) is -3.32. The van der Waals surface area contributed by atoms with Gasteiger partial charge in [-0.15, -0.1) is 0 Å². The third kappa shape index (κ3) is 4.69. The number of aromatic carboxylic acids is 1. The highest BCUT2D eigenvalue weighted by Crippen LogP contribution is 2.15. The molecule has 1 heterocycles. The van der Waals surface area contributed by atoms with Gasteiger partial charge >= 0.3 is 5.97 Å². The van der Waals surface area contributed by atoms with Gasteiger partial charge in [0, 0.05) is 0 Å². The number of carboxylic acids is 1. The van der Waals surface area contributed by atoms with Gasteiger partial charge < -0.3 is 14.8 Å². The van der Waals surface area contributed by atoms with E-state index in [0.29, 0.717) is 11.3 Å². The van der Waals surface area contributed by atoms with Crippen LogP contribution < -0.4 is 5.32 Å². The molecule has 0 radical (unpaired) electrons. The van der Waals surface area contributed by atoms with Crippen molar-refractivity contribution in [2.24, 2.45) is 0 Å². The molecular weight excluding hydrogens is 346 g/mol. The zero-order valence-corrected chi connectivity index (χ0v) is 14.7. The van der Waals surface area contributed by atoms with Crippen LogP contribution in [-0.4, -0.2) is 31.2 Å². The fraction of sp³-hybridized carbons (Fsp3) is 0.294. The Morgan fingerprint density at radius 1 is 1.24 bits per heavy atom. The van der Waals surface area contributed by atoms with Gasteiger partial charge in [-0.3, -0.25) is 4.79 Å². The molecule has 0 fully saturated rings. The number of amides is 1. The summed E-state index contributed by atoms with van der Waals surface area (Å²) in [5, 5.41) is 11.6. The van der Waals surface area contributed by atoms with Crippen molar-refractivity contribution in [3.05, 3.63) is 53.0 Å². The number of hydrogen-bond donors (Lipinski definition) is 2. The Kier molecular flexibility index (Phi) is 5.63. The quantitative estimate of drug-likeness (QED) is 0.775. The topological polar surface area (TPSA) is 114 Å². The molecular formula is C17H19NO6S. The maximum absolute atomic E-state index is 12.0. The Morgan fingerprint density at radius 2 is 1.96 bits per heavy atom. The smallest absolute Gasteiger partial charge is 0.339 e. The third-order valence-electron chi connectivity index (χ3n) is 3.66. The van der Waals surface area contributed by atoms with Crippen LogP contribution in [0.3, 0.4) is 0 Å². The van der Waals surface area contributed by atoms with Gasteiger partial charge in [-0.2, -0.15) is 0 Å². The van der Waals surface area contributed by atoms with Crippen LogP contribution in [0, 0.1) is 6.92 Å². The first kappa shape index (κ1) is 18.7. The molecule has 0 saturated carbocycles. The second-order valence-electron chi connectivity index (χ2n) is 5.49. The summed E-state index contributed by atoms with van der Waals surface area (Å²) in [6.07, 6.45) is 0.0125. The number of nitrogens with one attached hydrogen (secondary N) is 1. The van der Waals surface area contributed by atoms with E-state index < -0.39 is 15.8 Å². The van der Waals surface area contributed by atoms with E-state index in [4.69, 9.17) is 9.52 Å². The first-order chi connectivity index (χ1) is 11.7. The van der Waals surface area contributed by atoms with E-state index in [9.17, 15) is 18.0 Å². The Labute approximate surface area is 145 Å². The lowest BCUT2D eigenvalue weighted by molar-refractivity contribution is -0.120. The van der Waals surface area contributed by atoms with Gasteiger partial charge in [0.05, 0.1) is 23.6 Å². The normalized spacial score (nSPS) is 11.3. The highest BCUT2D eigenvalue weighted by molar-refractivity contribution is 7.91. The van der Waals surface area contributed by atoms with Crippen molar-refractivity contribution in [3.63, 3.8) is 0 Å². The van der Waals surface area contributed by atoms with Crippen LogP contribution in [0.25, 0.3) is 0 Å². The summed E-state index contributed by atoms with van der Waals surface area (Å²) in [6, 6.07) is 7.62. The molecule has 1 aromatic carbocycles. The molecule has 2 N–H and O–H groups in total. The molecule has 25 heavy (non-hydrogen) atoms. The van der Waals surface area contributed by atoms with Crippen molar-refractivity contribution in [3.8, 4) is 0 Å².